The zero-order valence-corrected chi connectivity index (χ0v) is 12.8. The molecule has 2 N–H and O–H groups in total. The molecule has 1 fully saturated rings. The summed E-state index contributed by atoms with van der Waals surface area (Å²) < 4.78 is 0. The van der Waals surface area contributed by atoms with E-state index in [9.17, 15) is 4.79 Å². The molecule has 1 aliphatic heterocycles. The molecule has 2 aromatic rings. The van der Waals surface area contributed by atoms with Crippen molar-refractivity contribution in [3.63, 3.8) is 0 Å². The van der Waals surface area contributed by atoms with Gasteiger partial charge in [-0.2, -0.15) is 5.10 Å². The van der Waals surface area contributed by atoms with Crippen molar-refractivity contribution in [2.24, 2.45) is 5.73 Å². The number of nitrogens with zero attached hydrogens (tertiary/aromatic N) is 4. The topological polar surface area (TPSA) is 75.4 Å². The first kappa shape index (κ1) is 14.7. The first-order valence-electron chi connectivity index (χ1n) is 7.70. The lowest BCUT2D eigenvalue weighted by molar-refractivity contribution is -0.132. The van der Waals surface area contributed by atoms with E-state index >= 15 is 0 Å². The monoisotopic (exact) mass is 299 g/mol. The summed E-state index contributed by atoms with van der Waals surface area (Å²) in [6, 6.07) is 7.71. The highest BCUT2D eigenvalue weighted by molar-refractivity contribution is 5.91. The number of fused-ring (bicyclic) bond motifs is 1. The fraction of sp³-hybridized carbons (Fsp3) is 0.438. The summed E-state index contributed by atoms with van der Waals surface area (Å²) in [6.45, 7) is 4.80. The molecular formula is C16H21N5O. The minimum Gasteiger partial charge on any atom is -0.351 e. The summed E-state index contributed by atoms with van der Waals surface area (Å²) in [4.78, 5) is 16.2. The van der Waals surface area contributed by atoms with Crippen LogP contribution in [0.3, 0.4) is 0 Å². The summed E-state index contributed by atoms with van der Waals surface area (Å²) in [5.41, 5.74) is 5.84. The lowest BCUT2D eigenvalue weighted by Crippen LogP contribution is -2.53. The summed E-state index contributed by atoms with van der Waals surface area (Å²) in [5, 5.41) is 10.6. The number of carbonyl (C=O) groups excluding carboxylic acids is 1. The summed E-state index contributed by atoms with van der Waals surface area (Å²) >= 11 is 0. The minimum atomic E-state index is -0.385. The predicted octanol–water partition coefficient (Wildman–Crippen LogP) is 1.02. The summed E-state index contributed by atoms with van der Waals surface area (Å²) in [6.07, 6.45) is 2.45. The molecule has 0 saturated carbocycles. The average molecular weight is 299 g/mol. The molecule has 6 heteroatoms. The standard InChI is InChI=1S/C16H21N5O/c1-2-14(17)16(22)21-9-7-20(8-10-21)15-13-6-4-3-5-12(13)11-18-19-15/h3-6,11,14H,2,7-10,17H2,1H3/t14-/m0/s1. The van der Waals surface area contributed by atoms with E-state index in [4.69, 9.17) is 5.73 Å². The molecule has 1 saturated heterocycles. The van der Waals surface area contributed by atoms with Crippen LogP contribution in [0.1, 0.15) is 13.3 Å². The van der Waals surface area contributed by atoms with E-state index in [1.807, 2.05) is 30.0 Å². The maximum Gasteiger partial charge on any atom is 0.239 e. The molecule has 22 heavy (non-hydrogen) atoms. The van der Waals surface area contributed by atoms with Gasteiger partial charge in [0.1, 0.15) is 0 Å². The molecule has 116 valence electrons. The highest BCUT2D eigenvalue weighted by Gasteiger charge is 2.25. The molecule has 0 unspecified atom stereocenters. The molecule has 6 nitrogen and oxygen atoms in total. The Bertz CT molecular complexity index is 661. The molecule has 1 aromatic carbocycles. The maximum absolute atomic E-state index is 12.1. The first-order chi connectivity index (χ1) is 10.7. The summed E-state index contributed by atoms with van der Waals surface area (Å²) in [7, 11) is 0. The van der Waals surface area contributed by atoms with Gasteiger partial charge < -0.3 is 15.5 Å². The third-order valence-electron chi connectivity index (χ3n) is 4.20. The van der Waals surface area contributed by atoms with Crippen LogP contribution in [0.5, 0.6) is 0 Å². The number of hydrogen-bond acceptors (Lipinski definition) is 5. The number of piperazine rings is 1. The van der Waals surface area contributed by atoms with Crippen molar-refractivity contribution in [3.8, 4) is 0 Å². The second kappa shape index (κ2) is 6.27. The van der Waals surface area contributed by atoms with Crippen molar-refractivity contribution in [2.75, 3.05) is 31.1 Å². The second-order valence-corrected chi connectivity index (χ2v) is 5.58. The lowest BCUT2D eigenvalue weighted by Gasteiger charge is -2.36. The third kappa shape index (κ3) is 2.74. The van der Waals surface area contributed by atoms with Crippen LogP contribution in [0, 0.1) is 0 Å². The van der Waals surface area contributed by atoms with E-state index in [-0.39, 0.29) is 11.9 Å². The van der Waals surface area contributed by atoms with Crippen molar-refractivity contribution in [1.29, 1.82) is 0 Å². The molecule has 1 aliphatic rings. The number of nitrogens with two attached hydrogens (primary N) is 1. The predicted molar refractivity (Wildman–Crippen MR) is 86.6 cm³/mol. The highest BCUT2D eigenvalue weighted by atomic mass is 16.2. The van der Waals surface area contributed by atoms with Gasteiger partial charge in [0.2, 0.25) is 5.91 Å². The van der Waals surface area contributed by atoms with Crippen molar-refractivity contribution in [3.05, 3.63) is 30.5 Å². The van der Waals surface area contributed by atoms with Crippen molar-refractivity contribution < 1.29 is 4.79 Å². The number of carbonyl (C=O) groups is 1. The number of aromatic nitrogens is 2. The number of amides is 1. The molecule has 1 atom stereocenters. The highest BCUT2D eigenvalue weighted by Crippen LogP contribution is 2.24. The van der Waals surface area contributed by atoms with Gasteiger partial charge in [0, 0.05) is 37.0 Å². The van der Waals surface area contributed by atoms with Gasteiger partial charge in [0.25, 0.3) is 0 Å². The van der Waals surface area contributed by atoms with Crippen molar-refractivity contribution in [2.45, 2.75) is 19.4 Å². The van der Waals surface area contributed by atoms with Gasteiger partial charge in [-0.05, 0) is 6.42 Å². The van der Waals surface area contributed by atoms with Crippen LogP contribution < -0.4 is 10.6 Å². The molecule has 1 amide bonds. The SMILES string of the molecule is CC[C@H](N)C(=O)N1CCN(c2nncc3ccccc23)CC1. The van der Waals surface area contributed by atoms with Gasteiger partial charge in [0.15, 0.2) is 5.82 Å². The molecule has 1 aromatic heterocycles. The largest absolute Gasteiger partial charge is 0.351 e. The third-order valence-corrected chi connectivity index (χ3v) is 4.20. The summed E-state index contributed by atoms with van der Waals surface area (Å²) in [5.74, 6) is 0.941. The molecular weight excluding hydrogens is 278 g/mol. The molecule has 2 heterocycles. The molecule has 0 bridgehead atoms. The quantitative estimate of drug-likeness (QED) is 0.915. The van der Waals surface area contributed by atoms with Crippen molar-refractivity contribution >= 4 is 22.5 Å². The Morgan fingerprint density at radius 1 is 1.27 bits per heavy atom. The van der Waals surface area contributed by atoms with Crippen LogP contribution >= 0.6 is 0 Å². The van der Waals surface area contributed by atoms with Crippen LogP contribution in [0.15, 0.2) is 30.5 Å². The van der Waals surface area contributed by atoms with Crippen molar-refractivity contribution in [1.82, 2.24) is 15.1 Å². The van der Waals surface area contributed by atoms with Gasteiger partial charge in [-0.15, -0.1) is 5.10 Å². The van der Waals surface area contributed by atoms with E-state index in [1.54, 1.807) is 6.20 Å². The number of benzene rings is 1. The van der Waals surface area contributed by atoms with Crippen LogP contribution in [-0.4, -0.2) is 53.2 Å². The Morgan fingerprint density at radius 2 is 2.00 bits per heavy atom. The second-order valence-electron chi connectivity index (χ2n) is 5.58. The smallest absolute Gasteiger partial charge is 0.239 e. The van der Waals surface area contributed by atoms with Gasteiger partial charge in [-0.3, -0.25) is 4.79 Å². The molecule has 0 aliphatic carbocycles. The van der Waals surface area contributed by atoms with Crippen LogP contribution in [0.4, 0.5) is 5.82 Å². The van der Waals surface area contributed by atoms with Gasteiger partial charge in [-0.25, -0.2) is 0 Å². The Labute approximate surface area is 129 Å². The van der Waals surface area contributed by atoms with Crippen LogP contribution in [0.2, 0.25) is 0 Å². The number of hydrogen-bond donors (Lipinski definition) is 1. The van der Waals surface area contributed by atoms with Gasteiger partial charge in [-0.1, -0.05) is 31.2 Å². The van der Waals surface area contributed by atoms with Gasteiger partial charge >= 0.3 is 0 Å². The normalized spacial score (nSPS) is 16.8. The van der Waals surface area contributed by atoms with E-state index in [0.29, 0.717) is 19.5 Å². The average Bonchev–Trinajstić information content (AvgIpc) is 2.60. The minimum absolute atomic E-state index is 0.0474. The van der Waals surface area contributed by atoms with Crippen LogP contribution in [0.25, 0.3) is 10.8 Å². The Balaban J connectivity index is 1.75. The van der Waals surface area contributed by atoms with E-state index in [2.05, 4.69) is 21.2 Å². The first-order valence-corrected chi connectivity index (χ1v) is 7.70. The Hall–Kier alpha value is -2.21. The lowest BCUT2D eigenvalue weighted by atomic mass is 10.1. The number of anilines is 1. The molecule has 0 radical (unpaired) electrons. The fourth-order valence-corrected chi connectivity index (χ4v) is 2.79. The van der Waals surface area contributed by atoms with E-state index in [0.717, 1.165) is 29.7 Å². The zero-order chi connectivity index (χ0) is 15.5. The van der Waals surface area contributed by atoms with Crippen LogP contribution in [-0.2, 0) is 4.79 Å². The van der Waals surface area contributed by atoms with E-state index in [1.165, 1.54) is 0 Å². The maximum atomic E-state index is 12.1. The van der Waals surface area contributed by atoms with Gasteiger partial charge in [0.05, 0.1) is 12.2 Å². The zero-order valence-electron chi connectivity index (χ0n) is 12.8. The molecule has 0 spiro atoms. The Morgan fingerprint density at radius 3 is 2.73 bits per heavy atom. The number of rotatable bonds is 3. The fourth-order valence-electron chi connectivity index (χ4n) is 2.79. The molecule has 3 rings (SSSR count). The Kier molecular flexibility index (Phi) is 4.20. The van der Waals surface area contributed by atoms with E-state index < -0.39 is 0 Å².